The summed E-state index contributed by atoms with van der Waals surface area (Å²) < 4.78 is 24.4. The van der Waals surface area contributed by atoms with Crippen LogP contribution < -0.4 is 5.14 Å². The van der Waals surface area contributed by atoms with E-state index in [1.54, 1.807) is 22.9 Å². The fourth-order valence-corrected chi connectivity index (χ4v) is 3.04. The topological polar surface area (TPSA) is 130 Å². The fraction of sp³-hybridized carbons (Fsp3) is 0.118. The van der Waals surface area contributed by atoms with Crippen LogP contribution in [0.4, 0.5) is 0 Å². The molecule has 0 bridgehead atoms. The van der Waals surface area contributed by atoms with Crippen molar-refractivity contribution < 1.29 is 18.3 Å². The molecule has 1 aromatic heterocycles. The molecule has 0 saturated carbocycles. The molecule has 2 N–H and O–H groups in total. The van der Waals surface area contributed by atoms with E-state index in [-0.39, 0.29) is 11.5 Å². The van der Waals surface area contributed by atoms with Crippen LogP contribution in [0.3, 0.4) is 0 Å². The minimum absolute atomic E-state index is 0.0211. The van der Waals surface area contributed by atoms with Gasteiger partial charge in [-0.15, -0.1) is 10.1 Å². The molecular formula is C17H16N4O5S. The summed E-state index contributed by atoms with van der Waals surface area (Å²) in [5, 5.41) is 19.0. The Morgan fingerprint density at radius 1 is 1.15 bits per heavy atom. The SMILES string of the molecule is Cc1ccc(-c2cc(CO[N+](=O)[O-])nn2-c2ccc(S(N)(=O)=O)cc2)cc1. The average molecular weight is 388 g/mol. The largest absolute Gasteiger partial charge is 0.307 e. The number of hydrogen-bond acceptors (Lipinski definition) is 6. The van der Waals surface area contributed by atoms with Gasteiger partial charge in [-0.3, -0.25) is 0 Å². The summed E-state index contributed by atoms with van der Waals surface area (Å²) >= 11 is 0. The maximum absolute atomic E-state index is 11.4. The summed E-state index contributed by atoms with van der Waals surface area (Å²) in [5.74, 6) is 0. The smallest absolute Gasteiger partial charge is 0.294 e. The standard InChI is InChI=1S/C17H16N4O5S/c1-12-2-4-13(5-3-12)17-10-14(11-26-21(22)23)19-20(17)15-6-8-16(9-7-15)27(18,24)25/h2-10H,11H2,1H3,(H2,18,24,25). The number of nitrogens with zero attached hydrogens (tertiary/aromatic N) is 3. The Labute approximate surface area is 155 Å². The second-order valence-electron chi connectivity index (χ2n) is 5.83. The van der Waals surface area contributed by atoms with Crippen LogP contribution in [0.1, 0.15) is 11.3 Å². The minimum Gasteiger partial charge on any atom is -0.307 e. The van der Waals surface area contributed by atoms with Crippen LogP contribution in [0.2, 0.25) is 0 Å². The van der Waals surface area contributed by atoms with E-state index in [0.717, 1.165) is 11.1 Å². The van der Waals surface area contributed by atoms with Crippen LogP contribution >= 0.6 is 0 Å². The molecule has 0 aliphatic carbocycles. The number of rotatable bonds is 6. The van der Waals surface area contributed by atoms with Crippen molar-refractivity contribution in [2.24, 2.45) is 5.14 Å². The Kier molecular flexibility index (Phi) is 4.93. The maximum Gasteiger partial charge on any atom is 0.294 e. The molecule has 27 heavy (non-hydrogen) atoms. The Morgan fingerprint density at radius 3 is 2.33 bits per heavy atom. The molecule has 9 nitrogen and oxygen atoms in total. The first-order chi connectivity index (χ1) is 12.7. The first kappa shape index (κ1) is 18.5. The molecule has 0 spiro atoms. The lowest BCUT2D eigenvalue weighted by molar-refractivity contribution is -0.763. The van der Waals surface area contributed by atoms with Gasteiger partial charge in [0.2, 0.25) is 10.0 Å². The number of hydrogen-bond donors (Lipinski definition) is 1. The van der Waals surface area contributed by atoms with Gasteiger partial charge in [-0.25, -0.2) is 18.2 Å². The van der Waals surface area contributed by atoms with Crippen molar-refractivity contribution >= 4 is 10.0 Å². The third-order valence-electron chi connectivity index (χ3n) is 3.83. The average Bonchev–Trinajstić information content (AvgIpc) is 3.04. The predicted molar refractivity (Wildman–Crippen MR) is 96.9 cm³/mol. The van der Waals surface area contributed by atoms with Crippen LogP contribution in [0, 0.1) is 17.0 Å². The Hall–Kier alpha value is -3.24. The third kappa shape index (κ3) is 4.30. The van der Waals surface area contributed by atoms with Crippen molar-refractivity contribution in [3.8, 4) is 16.9 Å². The number of aryl methyl sites for hydroxylation is 1. The van der Waals surface area contributed by atoms with Gasteiger partial charge in [-0.1, -0.05) is 29.8 Å². The molecule has 0 amide bonds. The molecule has 0 aliphatic heterocycles. The highest BCUT2D eigenvalue weighted by atomic mass is 32.2. The lowest BCUT2D eigenvalue weighted by Crippen LogP contribution is -2.12. The third-order valence-corrected chi connectivity index (χ3v) is 4.76. The van der Waals surface area contributed by atoms with E-state index in [0.29, 0.717) is 17.1 Å². The second-order valence-corrected chi connectivity index (χ2v) is 7.40. The van der Waals surface area contributed by atoms with Crippen molar-refractivity contribution in [2.45, 2.75) is 18.4 Å². The molecule has 0 saturated heterocycles. The van der Waals surface area contributed by atoms with Crippen molar-refractivity contribution in [1.29, 1.82) is 0 Å². The number of aromatic nitrogens is 2. The summed E-state index contributed by atoms with van der Waals surface area (Å²) in [6.07, 6.45) is 0. The van der Waals surface area contributed by atoms with E-state index in [9.17, 15) is 18.5 Å². The highest BCUT2D eigenvalue weighted by Crippen LogP contribution is 2.25. The highest BCUT2D eigenvalue weighted by Gasteiger charge is 2.14. The molecule has 2 aromatic carbocycles. The first-order valence-corrected chi connectivity index (χ1v) is 9.35. The molecule has 0 aliphatic rings. The normalized spacial score (nSPS) is 11.3. The van der Waals surface area contributed by atoms with E-state index in [4.69, 9.17) is 5.14 Å². The van der Waals surface area contributed by atoms with Gasteiger partial charge in [0.1, 0.15) is 6.61 Å². The van der Waals surface area contributed by atoms with E-state index in [1.165, 1.54) is 12.1 Å². The zero-order valence-corrected chi connectivity index (χ0v) is 15.1. The molecule has 0 atom stereocenters. The Bertz CT molecular complexity index is 1070. The van der Waals surface area contributed by atoms with Crippen molar-refractivity contribution in [3.05, 3.63) is 76.0 Å². The maximum atomic E-state index is 11.4. The number of primary sulfonamides is 1. The fourth-order valence-electron chi connectivity index (χ4n) is 2.52. The summed E-state index contributed by atoms with van der Waals surface area (Å²) in [6, 6.07) is 15.2. The van der Waals surface area contributed by atoms with Gasteiger partial charge in [0.15, 0.2) is 0 Å². The zero-order valence-electron chi connectivity index (χ0n) is 14.3. The van der Waals surface area contributed by atoms with Crippen LogP contribution in [0.15, 0.2) is 59.5 Å². The van der Waals surface area contributed by atoms with Crippen LogP contribution in [0.25, 0.3) is 16.9 Å². The number of nitrogens with two attached hydrogens (primary N) is 1. The van der Waals surface area contributed by atoms with Gasteiger partial charge < -0.3 is 4.84 Å². The number of benzene rings is 2. The molecule has 0 radical (unpaired) electrons. The van der Waals surface area contributed by atoms with E-state index in [1.807, 2.05) is 31.2 Å². The van der Waals surface area contributed by atoms with Crippen molar-refractivity contribution in [3.63, 3.8) is 0 Å². The van der Waals surface area contributed by atoms with E-state index in [2.05, 4.69) is 9.94 Å². The lowest BCUT2D eigenvalue weighted by Gasteiger charge is -2.08. The quantitative estimate of drug-likeness (QED) is 0.509. The van der Waals surface area contributed by atoms with E-state index >= 15 is 0 Å². The monoisotopic (exact) mass is 388 g/mol. The van der Waals surface area contributed by atoms with Gasteiger partial charge >= 0.3 is 0 Å². The lowest BCUT2D eigenvalue weighted by atomic mass is 10.1. The molecule has 0 fully saturated rings. The van der Waals surface area contributed by atoms with Gasteiger partial charge in [-0.05, 0) is 37.3 Å². The van der Waals surface area contributed by atoms with Gasteiger partial charge in [-0.2, -0.15) is 5.10 Å². The molecule has 0 unspecified atom stereocenters. The van der Waals surface area contributed by atoms with Crippen LogP contribution in [-0.2, 0) is 21.5 Å². The van der Waals surface area contributed by atoms with Gasteiger partial charge in [0, 0.05) is 5.56 Å². The summed E-state index contributed by atoms with van der Waals surface area (Å²) in [7, 11) is -3.81. The predicted octanol–water partition coefficient (Wildman–Crippen LogP) is 2.20. The molecule has 3 aromatic rings. The Balaban J connectivity index is 2.06. The van der Waals surface area contributed by atoms with Gasteiger partial charge in [0.05, 0.1) is 22.0 Å². The summed E-state index contributed by atoms with van der Waals surface area (Å²) in [6.45, 7) is 1.66. The zero-order chi connectivity index (χ0) is 19.6. The highest BCUT2D eigenvalue weighted by molar-refractivity contribution is 7.89. The second kappa shape index (κ2) is 7.17. The van der Waals surface area contributed by atoms with E-state index < -0.39 is 15.1 Å². The molecule has 1 heterocycles. The van der Waals surface area contributed by atoms with Crippen molar-refractivity contribution in [2.75, 3.05) is 0 Å². The molecule has 10 heteroatoms. The first-order valence-electron chi connectivity index (χ1n) is 7.80. The van der Waals surface area contributed by atoms with Crippen LogP contribution in [-0.4, -0.2) is 23.3 Å². The number of sulfonamides is 1. The Morgan fingerprint density at radius 2 is 1.78 bits per heavy atom. The molecule has 140 valence electrons. The minimum atomic E-state index is -3.81. The molecule has 3 rings (SSSR count). The summed E-state index contributed by atoms with van der Waals surface area (Å²) in [5.41, 5.74) is 3.54. The van der Waals surface area contributed by atoms with Gasteiger partial charge in [0.25, 0.3) is 5.09 Å². The summed E-state index contributed by atoms with van der Waals surface area (Å²) in [4.78, 5) is 14.8. The van der Waals surface area contributed by atoms with Crippen molar-refractivity contribution in [1.82, 2.24) is 9.78 Å². The van der Waals surface area contributed by atoms with Crippen LogP contribution in [0.5, 0.6) is 0 Å². The molecular weight excluding hydrogens is 372 g/mol.